The number of nitrogens with one attached hydrogen (secondary N) is 1. The first-order valence-electron chi connectivity index (χ1n) is 6.52. The molecule has 0 aliphatic rings. The minimum absolute atomic E-state index is 0.0562. The fourth-order valence-corrected chi connectivity index (χ4v) is 2.13. The molecule has 0 aliphatic carbocycles. The van der Waals surface area contributed by atoms with Crippen LogP contribution in [0.3, 0.4) is 0 Å². The minimum atomic E-state index is -0.188. The highest BCUT2D eigenvalue weighted by Crippen LogP contribution is 2.22. The Morgan fingerprint density at radius 3 is 2.67 bits per heavy atom. The van der Waals surface area contributed by atoms with Crippen molar-refractivity contribution in [3.63, 3.8) is 0 Å². The Hall–Kier alpha value is -1.85. The Morgan fingerprint density at radius 2 is 1.95 bits per heavy atom. The molecule has 2 aromatic rings. The van der Waals surface area contributed by atoms with Gasteiger partial charge in [0.15, 0.2) is 6.61 Å². The maximum absolute atomic E-state index is 11.7. The summed E-state index contributed by atoms with van der Waals surface area (Å²) in [6.07, 6.45) is 0. The Labute approximate surface area is 131 Å². The number of hydrogen-bond donors (Lipinski definition) is 2. The highest BCUT2D eigenvalue weighted by molar-refractivity contribution is 9.10. The fourth-order valence-electron chi connectivity index (χ4n) is 1.76. The van der Waals surface area contributed by atoms with Crippen LogP contribution in [0.4, 0.5) is 0 Å². The van der Waals surface area contributed by atoms with Gasteiger partial charge >= 0.3 is 0 Å². The van der Waals surface area contributed by atoms with E-state index in [2.05, 4.69) is 21.2 Å². The van der Waals surface area contributed by atoms with Crippen molar-refractivity contribution in [2.45, 2.75) is 13.2 Å². The zero-order valence-corrected chi connectivity index (χ0v) is 13.0. The van der Waals surface area contributed by atoms with Gasteiger partial charge in [0, 0.05) is 11.0 Å². The third kappa shape index (κ3) is 4.88. The van der Waals surface area contributed by atoms with Crippen LogP contribution >= 0.6 is 15.9 Å². The Balaban J connectivity index is 1.81. The smallest absolute Gasteiger partial charge is 0.258 e. The van der Waals surface area contributed by atoms with Crippen LogP contribution in [-0.2, 0) is 17.9 Å². The SMILES string of the molecule is O=C(COc1ccc(Br)c(CO)c1)NCc1ccccc1. The first-order valence-corrected chi connectivity index (χ1v) is 7.31. The molecular formula is C16H16BrNO3. The standard InChI is InChI=1S/C16H16BrNO3/c17-15-7-6-14(8-13(15)10-19)21-11-16(20)18-9-12-4-2-1-3-5-12/h1-8,19H,9-11H2,(H,18,20). The van der Waals surface area contributed by atoms with Gasteiger partial charge in [0.25, 0.3) is 5.91 Å². The van der Waals surface area contributed by atoms with Gasteiger partial charge in [0.2, 0.25) is 0 Å². The molecule has 0 atom stereocenters. The van der Waals surface area contributed by atoms with Gasteiger partial charge in [-0.3, -0.25) is 4.79 Å². The monoisotopic (exact) mass is 349 g/mol. The van der Waals surface area contributed by atoms with Crippen LogP contribution in [0.5, 0.6) is 5.75 Å². The Kier molecular flexibility index (Phi) is 5.78. The second kappa shape index (κ2) is 7.81. The fraction of sp³-hybridized carbons (Fsp3) is 0.188. The Bertz CT molecular complexity index is 602. The van der Waals surface area contributed by atoms with E-state index in [0.717, 1.165) is 15.6 Å². The van der Waals surface area contributed by atoms with Gasteiger partial charge < -0.3 is 15.2 Å². The lowest BCUT2D eigenvalue weighted by molar-refractivity contribution is -0.123. The first-order chi connectivity index (χ1) is 10.2. The van der Waals surface area contributed by atoms with Crippen molar-refractivity contribution in [1.29, 1.82) is 0 Å². The quantitative estimate of drug-likeness (QED) is 0.842. The summed E-state index contributed by atoms with van der Waals surface area (Å²) < 4.78 is 6.22. The predicted molar refractivity (Wildman–Crippen MR) is 83.8 cm³/mol. The van der Waals surface area contributed by atoms with Gasteiger partial charge in [0.05, 0.1) is 6.61 Å². The van der Waals surface area contributed by atoms with E-state index in [9.17, 15) is 4.79 Å². The number of carbonyl (C=O) groups excluding carboxylic acids is 1. The molecule has 0 heterocycles. The van der Waals surface area contributed by atoms with Gasteiger partial charge in [-0.1, -0.05) is 46.3 Å². The summed E-state index contributed by atoms with van der Waals surface area (Å²) in [5, 5.41) is 12.0. The molecular weight excluding hydrogens is 334 g/mol. The molecule has 0 radical (unpaired) electrons. The molecule has 5 heteroatoms. The van der Waals surface area contributed by atoms with Crippen molar-refractivity contribution in [3.8, 4) is 5.75 Å². The summed E-state index contributed by atoms with van der Waals surface area (Å²) in [5.74, 6) is 0.365. The van der Waals surface area contributed by atoms with E-state index >= 15 is 0 Å². The van der Waals surface area contributed by atoms with Gasteiger partial charge in [-0.25, -0.2) is 0 Å². The molecule has 2 aromatic carbocycles. The molecule has 0 aromatic heterocycles. The molecule has 4 nitrogen and oxygen atoms in total. The lowest BCUT2D eigenvalue weighted by atomic mass is 10.2. The predicted octanol–water partition coefficient (Wildman–Crippen LogP) is 2.64. The molecule has 0 aliphatic heterocycles. The highest BCUT2D eigenvalue weighted by atomic mass is 79.9. The molecule has 0 bridgehead atoms. The van der Waals surface area contributed by atoms with Crippen LogP contribution in [-0.4, -0.2) is 17.6 Å². The second-order valence-electron chi connectivity index (χ2n) is 4.46. The average molecular weight is 350 g/mol. The van der Waals surface area contributed by atoms with Crippen LogP contribution in [0.25, 0.3) is 0 Å². The summed E-state index contributed by atoms with van der Waals surface area (Å²) in [6.45, 7) is 0.336. The lowest BCUT2D eigenvalue weighted by Gasteiger charge is -2.09. The molecule has 0 unspecified atom stereocenters. The van der Waals surface area contributed by atoms with Crippen molar-refractivity contribution in [2.24, 2.45) is 0 Å². The lowest BCUT2D eigenvalue weighted by Crippen LogP contribution is -2.28. The molecule has 0 saturated heterocycles. The molecule has 2 N–H and O–H groups in total. The van der Waals surface area contributed by atoms with Crippen LogP contribution in [0.2, 0.25) is 0 Å². The number of aliphatic hydroxyl groups is 1. The van der Waals surface area contributed by atoms with Crippen molar-refractivity contribution < 1.29 is 14.6 Å². The van der Waals surface area contributed by atoms with Gasteiger partial charge in [0.1, 0.15) is 5.75 Å². The largest absolute Gasteiger partial charge is 0.484 e. The van der Waals surface area contributed by atoms with E-state index in [1.165, 1.54) is 0 Å². The van der Waals surface area contributed by atoms with Crippen LogP contribution < -0.4 is 10.1 Å². The van der Waals surface area contributed by atoms with Crippen molar-refractivity contribution >= 4 is 21.8 Å². The van der Waals surface area contributed by atoms with Gasteiger partial charge in [-0.15, -0.1) is 0 Å². The molecule has 0 saturated carbocycles. The molecule has 0 fully saturated rings. The highest BCUT2D eigenvalue weighted by Gasteiger charge is 2.05. The second-order valence-corrected chi connectivity index (χ2v) is 5.32. The third-order valence-electron chi connectivity index (χ3n) is 2.89. The number of hydrogen-bond acceptors (Lipinski definition) is 3. The molecule has 0 spiro atoms. The molecule has 110 valence electrons. The van der Waals surface area contributed by atoms with Crippen LogP contribution in [0.15, 0.2) is 53.0 Å². The third-order valence-corrected chi connectivity index (χ3v) is 3.66. The first kappa shape index (κ1) is 15.5. The maximum atomic E-state index is 11.7. The number of carbonyl (C=O) groups is 1. The number of amides is 1. The summed E-state index contributed by atoms with van der Waals surface area (Å²) in [6, 6.07) is 14.9. The molecule has 1 amide bonds. The van der Waals surface area contributed by atoms with Crippen LogP contribution in [0.1, 0.15) is 11.1 Å². The van der Waals surface area contributed by atoms with Crippen LogP contribution in [0, 0.1) is 0 Å². The zero-order valence-electron chi connectivity index (χ0n) is 11.4. The number of rotatable bonds is 6. The summed E-state index contributed by atoms with van der Waals surface area (Å²) >= 11 is 3.33. The van der Waals surface area contributed by atoms with Gasteiger partial charge in [-0.2, -0.15) is 0 Å². The van der Waals surface area contributed by atoms with E-state index in [4.69, 9.17) is 9.84 Å². The van der Waals surface area contributed by atoms with E-state index < -0.39 is 0 Å². The normalized spacial score (nSPS) is 10.2. The van der Waals surface area contributed by atoms with E-state index in [1.807, 2.05) is 30.3 Å². The summed E-state index contributed by atoms with van der Waals surface area (Å²) in [7, 11) is 0. The number of ether oxygens (including phenoxy) is 1. The Morgan fingerprint density at radius 1 is 1.19 bits per heavy atom. The van der Waals surface area contributed by atoms with E-state index in [1.54, 1.807) is 18.2 Å². The van der Waals surface area contributed by atoms with Gasteiger partial charge in [-0.05, 0) is 29.3 Å². The minimum Gasteiger partial charge on any atom is -0.484 e. The molecule has 21 heavy (non-hydrogen) atoms. The average Bonchev–Trinajstić information content (AvgIpc) is 2.53. The maximum Gasteiger partial charge on any atom is 0.258 e. The summed E-state index contributed by atoms with van der Waals surface area (Å²) in [5.41, 5.74) is 1.76. The number of benzene rings is 2. The van der Waals surface area contributed by atoms with E-state index in [0.29, 0.717) is 12.3 Å². The number of aliphatic hydroxyl groups excluding tert-OH is 1. The zero-order chi connectivity index (χ0) is 15.1. The summed E-state index contributed by atoms with van der Waals surface area (Å²) in [4.78, 5) is 11.7. The number of halogens is 1. The van der Waals surface area contributed by atoms with Crippen molar-refractivity contribution in [1.82, 2.24) is 5.32 Å². The van der Waals surface area contributed by atoms with E-state index in [-0.39, 0.29) is 19.1 Å². The molecule has 2 rings (SSSR count). The van der Waals surface area contributed by atoms with Crippen molar-refractivity contribution in [2.75, 3.05) is 6.61 Å². The topological polar surface area (TPSA) is 58.6 Å². The van der Waals surface area contributed by atoms with Crippen molar-refractivity contribution in [3.05, 3.63) is 64.1 Å².